The quantitative estimate of drug-likeness (QED) is 0.942. The monoisotopic (exact) mass is 320 g/mol. The molecule has 2 rings (SSSR count). The van der Waals surface area contributed by atoms with Crippen molar-refractivity contribution < 1.29 is 13.9 Å². The van der Waals surface area contributed by atoms with Crippen LogP contribution in [-0.4, -0.2) is 13.0 Å². The topological polar surface area (TPSA) is 75.3 Å². The van der Waals surface area contributed by atoms with Gasteiger partial charge in [-0.3, -0.25) is 4.79 Å². The fraction of sp³-hybridized carbons (Fsp3) is 0.0769. The first-order chi connectivity index (χ1) is 9.15. The zero-order valence-electron chi connectivity index (χ0n) is 9.94. The van der Waals surface area contributed by atoms with Crippen molar-refractivity contribution >= 4 is 27.5 Å². The number of para-hydroxylation sites is 1. The number of methoxy groups -OCH3 is 1. The van der Waals surface area contributed by atoms with Crippen LogP contribution in [0.1, 0.15) is 16.1 Å². The highest BCUT2D eigenvalue weighted by Gasteiger charge is 2.16. The predicted molar refractivity (Wildman–Crippen MR) is 72.1 cm³/mol. The zero-order valence-corrected chi connectivity index (χ0v) is 11.5. The lowest BCUT2D eigenvalue weighted by Crippen LogP contribution is -2.12. The standard InChI is InChI=1S/C13H9BrN2O3/c1-18-9-4-2-3-8(7-15)12(9)16-13(17)10-5-6-11(14)19-10/h2-6H,1H3,(H,16,17). The van der Waals surface area contributed by atoms with E-state index in [0.29, 0.717) is 21.7 Å². The molecule has 5 nitrogen and oxygen atoms in total. The summed E-state index contributed by atoms with van der Waals surface area (Å²) >= 11 is 3.12. The van der Waals surface area contributed by atoms with Crippen LogP contribution < -0.4 is 10.1 Å². The van der Waals surface area contributed by atoms with Gasteiger partial charge >= 0.3 is 0 Å². The molecule has 6 heteroatoms. The molecule has 0 bridgehead atoms. The van der Waals surface area contributed by atoms with E-state index >= 15 is 0 Å². The summed E-state index contributed by atoms with van der Waals surface area (Å²) in [5.41, 5.74) is 0.642. The lowest BCUT2D eigenvalue weighted by molar-refractivity contribution is 0.0995. The maximum Gasteiger partial charge on any atom is 0.291 e. The zero-order chi connectivity index (χ0) is 13.8. The maximum atomic E-state index is 12.0. The van der Waals surface area contributed by atoms with Gasteiger partial charge in [-0.2, -0.15) is 5.26 Å². The Morgan fingerprint density at radius 1 is 1.42 bits per heavy atom. The van der Waals surface area contributed by atoms with E-state index in [2.05, 4.69) is 21.2 Å². The van der Waals surface area contributed by atoms with Crippen molar-refractivity contribution in [2.24, 2.45) is 0 Å². The minimum absolute atomic E-state index is 0.140. The summed E-state index contributed by atoms with van der Waals surface area (Å²) in [7, 11) is 1.47. The highest BCUT2D eigenvalue weighted by Crippen LogP contribution is 2.28. The van der Waals surface area contributed by atoms with E-state index < -0.39 is 5.91 Å². The molecule has 0 radical (unpaired) electrons. The van der Waals surface area contributed by atoms with Crippen molar-refractivity contribution in [1.82, 2.24) is 0 Å². The first kappa shape index (κ1) is 13.2. The normalized spacial score (nSPS) is 9.74. The van der Waals surface area contributed by atoms with Crippen LogP contribution in [0.2, 0.25) is 0 Å². The molecule has 96 valence electrons. The number of hydrogen-bond acceptors (Lipinski definition) is 4. The van der Waals surface area contributed by atoms with E-state index in [9.17, 15) is 4.79 Å². The molecule has 1 N–H and O–H groups in total. The fourth-order valence-corrected chi connectivity index (χ4v) is 1.84. The highest BCUT2D eigenvalue weighted by molar-refractivity contribution is 9.10. The average Bonchev–Trinajstić information content (AvgIpc) is 2.85. The van der Waals surface area contributed by atoms with E-state index in [-0.39, 0.29) is 5.76 Å². The van der Waals surface area contributed by atoms with Gasteiger partial charge in [0.2, 0.25) is 0 Å². The van der Waals surface area contributed by atoms with Crippen molar-refractivity contribution in [3.8, 4) is 11.8 Å². The number of nitrogens with zero attached hydrogens (tertiary/aromatic N) is 1. The van der Waals surface area contributed by atoms with Gasteiger partial charge in [-0.1, -0.05) is 6.07 Å². The van der Waals surface area contributed by atoms with Gasteiger partial charge in [0.1, 0.15) is 17.5 Å². The Hall–Kier alpha value is -2.26. The van der Waals surface area contributed by atoms with Gasteiger partial charge in [0.15, 0.2) is 10.4 Å². The summed E-state index contributed by atoms with van der Waals surface area (Å²) in [6, 6.07) is 10.1. The van der Waals surface area contributed by atoms with Gasteiger partial charge < -0.3 is 14.5 Å². The van der Waals surface area contributed by atoms with Crippen molar-refractivity contribution in [1.29, 1.82) is 5.26 Å². The lowest BCUT2D eigenvalue weighted by atomic mass is 10.1. The number of carbonyl (C=O) groups excluding carboxylic acids is 1. The van der Waals surface area contributed by atoms with Gasteiger partial charge in [0, 0.05) is 0 Å². The minimum Gasteiger partial charge on any atom is -0.495 e. The second-order valence-electron chi connectivity index (χ2n) is 3.55. The Labute approximate surface area is 117 Å². The molecule has 0 unspecified atom stereocenters. The highest BCUT2D eigenvalue weighted by atomic mass is 79.9. The molecule has 0 atom stereocenters. The van der Waals surface area contributed by atoms with Gasteiger partial charge in [-0.05, 0) is 40.2 Å². The van der Waals surface area contributed by atoms with Gasteiger partial charge in [-0.25, -0.2) is 0 Å². The predicted octanol–water partition coefficient (Wildman–Crippen LogP) is 3.17. The third kappa shape index (κ3) is 2.77. The Balaban J connectivity index is 2.33. The summed E-state index contributed by atoms with van der Waals surface area (Å²) in [5.74, 6) is 0.103. The Kier molecular flexibility index (Phi) is 3.88. The van der Waals surface area contributed by atoms with Crippen LogP contribution in [-0.2, 0) is 0 Å². The van der Waals surface area contributed by atoms with E-state index in [1.54, 1.807) is 24.3 Å². The minimum atomic E-state index is -0.452. The molecule has 0 spiro atoms. The van der Waals surface area contributed by atoms with Gasteiger partial charge in [0.05, 0.1) is 12.7 Å². The number of anilines is 1. The van der Waals surface area contributed by atoms with Gasteiger partial charge in [0.25, 0.3) is 5.91 Å². The molecule has 1 aromatic carbocycles. The Bertz CT molecular complexity index is 658. The number of hydrogen-bond donors (Lipinski definition) is 1. The first-order valence-corrected chi connectivity index (χ1v) is 6.09. The number of carbonyl (C=O) groups is 1. The van der Waals surface area contributed by atoms with Crippen LogP contribution in [0.25, 0.3) is 0 Å². The van der Waals surface area contributed by atoms with Crippen LogP contribution in [0.5, 0.6) is 5.75 Å². The first-order valence-electron chi connectivity index (χ1n) is 5.29. The molecule has 0 fully saturated rings. The number of nitrogens with one attached hydrogen (secondary N) is 1. The molecule has 1 heterocycles. The van der Waals surface area contributed by atoms with Crippen LogP contribution in [0.4, 0.5) is 5.69 Å². The molecule has 0 saturated carbocycles. The van der Waals surface area contributed by atoms with E-state index in [1.807, 2.05) is 6.07 Å². The lowest BCUT2D eigenvalue weighted by Gasteiger charge is -2.10. The maximum absolute atomic E-state index is 12.0. The molecule has 0 aliphatic carbocycles. The summed E-state index contributed by atoms with van der Waals surface area (Å²) in [5, 5.41) is 11.6. The number of nitriles is 1. The third-order valence-corrected chi connectivity index (χ3v) is 2.83. The number of rotatable bonds is 3. The molecular formula is C13H9BrN2O3. The van der Waals surface area contributed by atoms with E-state index in [0.717, 1.165) is 0 Å². The summed E-state index contributed by atoms with van der Waals surface area (Å²) in [4.78, 5) is 12.0. The largest absolute Gasteiger partial charge is 0.495 e. The number of ether oxygens (including phenoxy) is 1. The van der Waals surface area contributed by atoms with E-state index in [1.165, 1.54) is 13.2 Å². The molecule has 0 aliphatic rings. The smallest absolute Gasteiger partial charge is 0.291 e. The van der Waals surface area contributed by atoms with Crippen LogP contribution in [0.15, 0.2) is 39.4 Å². The third-order valence-electron chi connectivity index (χ3n) is 2.40. The summed E-state index contributed by atoms with van der Waals surface area (Å²) in [6.45, 7) is 0. The molecule has 1 amide bonds. The molecule has 2 aromatic rings. The van der Waals surface area contributed by atoms with Crippen molar-refractivity contribution in [2.75, 3.05) is 12.4 Å². The second-order valence-corrected chi connectivity index (χ2v) is 4.33. The SMILES string of the molecule is COc1cccc(C#N)c1NC(=O)c1ccc(Br)o1. The Morgan fingerprint density at radius 3 is 2.79 bits per heavy atom. The number of benzene rings is 1. The van der Waals surface area contributed by atoms with Crippen molar-refractivity contribution in [2.45, 2.75) is 0 Å². The number of furan rings is 1. The van der Waals surface area contributed by atoms with Crippen molar-refractivity contribution in [3.05, 3.63) is 46.3 Å². The number of halogens is 1. The van der Waals surface area contributed by atoms with Crippen LogP contribution in [0, 0.1) is 11.3 Å². The molecular weight excluding hydrogens is 312 g/mol. The fourth-order valence-electron chi connectivity index (χ4n) is 1.53. The molecule has 1 aromatic heterocycles. The van der Waals surface area contributed by atoms with E-state index in [4.69, 9.17) is 14.4 Å². The molecule has 0 aliphatic heterocycles. The van der Waals surface area contributed by atoms with Gasteiger partial charge in [-0.15, -0.1) is 0 Å². The van der Waals surface area contributed by atoms with Crippen LogP contribution in [0.3, 0.4) is 0 Å². The van der Waals surface area contributed by atoms with Crippen molar-refractivity contribution in [3.63, 3.8) is 0 Å². The molecule has 0 saturated heterocycles. The summed E-state index contributed by atoms with van der Waals surface area (Å²) < 4.78 is 10.7. The van der Waals surface area contributed by atoms with Crippen LogP contribution >= 0.6 is 15.9 Å². The average molecular weight is 321 g/mol. The molecule has 19 heavy (non-hydrogen) atoms. The second kappa shape index (κ2) is 5.59. The number of amides is 1. The Morgan fingerprint density at radius 2 is 2.21 bits per heavy atom. The summed E-state index contributed by atoms with van der Waals surface area (Å²) in [6.07, 6.45) is 0.